The Morgan fingerprint density at radius 2 is 1.89 bits per heavy atom. The van der Waals surface area contributed by atoms with Crippen LogP contribution in [0.5, 0.6) is 11.6 Å². The molecule has 4 heteroatoms. The lowest BCUT2D eigenvalue weighted by atomic mass is 10.1. The fourth-order valence-electron chi connectivity index (χ4n) is 1.86. The zero-order chi connectivity index (χ0) is 14.0. The molecule has 0 aliphatic rings. The molecule has 0 aliphatic carbocycles. The molecule has 0 saturated heterocycles. The van der Waals surface area contributed by atoms with Crippen molar-refractivity contribution in [3.63, 3.8) is 0 Å². The first-order valence-corrected chi connectivity index (χ1v) is 6.63. The fourth-order valence-corrected chi connectivity index (χ4v) is 2.21. The molecule has 0 N–H and O–H groups in total. The van der Waals surface area contributed by atoms with Crippen molar-refractivity contribution in [2.45, 2.75) is 33.6 Å². The highest BCUT2D eigenvalue weighted by molar-refractivity contribution is 6.30. The zero-order valence-electron chi connectivity index (χ0n) is 11.6. The second-order valence-electron chi connectivity index (χ2n) is 4.84. The first-order valence-electron chi connectivity index (χ1n) is 6.25. The van der Waals surface area contributed by atoms with Crippen molar-refractivity contribution >= 4 is 11.6 Å². The molecule has 1 aromatic heterocycles. The first-order chi connectivity index (χ1) is 9.00. The average Bonchev–Trinajstić information content (AvgIpc) is 2.34. The maximum atomic E-state index is 6.13. The summed E-state index contributed by atoms with van der Waals surface area (Å²) < 4.78 is 5.93. The lowest BCUT2D eigenvalue weighted by Gasteiger charge is -2.15. The first kappa shape index (κ1) is 13.8. The molecular formula is C15H17ClN2O. The van der Waals surface area contributed by atoms with E-state index in [0.717, 1.165) is 16.9 Å². The maximum Gasteiger partial charge on any atom is 0.227 e. The average molecular weight is 277 g/mol. The molecule has 2 rings (SSSR count). The van der Waals surface area contributed by atoms with Gasteiger partial charge in [-0.2, -0.15) is 0 Å². The minimum absolute atomic E-state index is 0.203. The van der Waals surface area contributed by atoms with Crippen LogP contribution in [-0.2, 0) is 0 Å². The van der Waals surface area contributed by atoms with Crippen LogP contribution in [0, 0.1) is 13.8 Å². The summed E-state index contributed by atoms with van der Waals surface area (Å²) in [7, 11) is 0. The zero-order valence-corrected chi connectivity index (χ0v) is 12.3. The van der Waals surface area contributed by atoms with Crippen molar-refractivity contribution in [2.75, 3.05) is 0 Å². The normalized spacial score (nSPS) is 10.8. The number of ether oxygens (including phenoxy) is 1. The Labute approximate surface area is 118 Å². The van der Waals surface area contributed by atoms with E-state index >= 15 is 0 Å². The van der Waals surface area contributed by atoms with Crippen LogP contribution < -0.4 is 4.74 Å². The van der Waals surface area contributed by atoms with E-state index in [1.54, 1.807) is 0 Å². The third-order valence-electron chi connectivity index (χ3n) is 3.14. The molecule has 0 spiro atoms. The van der Waals surface area contributed by atoms with Gasteiger partial charge in [-0.1, -0.05) is 37.6 Å². The van der Waals surface area contributed by atoms with Crippen LogP contribution in [0.1, 0.15) is 36.5 Å². The van der Waals surface area contributed by atoms with Gasteiger partial charge < -0.3 is 4.74 Å². The molecule has 0 amide bonds. The lowest BCUT2D eigenvalue weighted by molar-refractivity contribution is 0.447. The Bertz CT molecular complexity index is 597. The lowest BCUT2D eigenvalue weighted by Crippen LogP contribution is -2.00. The summed E-state index contributed by atoms with van der Waals surface area (Å²) in [5.41, 5.74) is 3.13. The molecule has 1 heterocycles. The summed E-state index contributed by atoms with van der Waals surface area (Å²) in [5, 5.41) is 0.449. The monoisotopic (exact) mass is 276 g/mol. The van der Waals surface area contributed by atoms with E-state index in [1.165, 1.54) is 11.9 Å². The van der Waals surface area contributed by atoms with Crippen LogP contribution in [0.15, 0.2) is 24.5 Å². The Kier molecular flexibility index (Phi) is 4.05. The van der Waals surface area contributed by atoms with Gasteiger partial charge in [-0.15, -0.1) is 0 Å². The van der Waals surface area contributed by atoms with Gasteiger partial charge in [0.15, 0.2) is 0 Å². The molecule has 0 fully saturated rings. The van der Waals surface area contributed by atoms with E-state index in [2.05, 4.69) is 23.0 Å². The Morgan fingerprint density at radius 3 is 2.58 bits per heavy atom. The third kappa shape index (κ3) is 2.87. The van der Waals surface area contributed by atoms with E-state index in [-0.39, 0.29) is 5.92 Å². The second-order valence-corrected chi connectivity index (χ2v) is 5.20. The van der Waals surface area contributed by atoms with E-state index in [1.807, 2.05) is 32.9 Å². The number of halogens is 1. The maximum absolute atomic E-state index is 6.13. The van der Waals surface area contributed by atoms with Gasteiger partial charge in [0.25, 0.3) is 0 Å². The molecule has 0 bridgehead atoms. The van der Waals surface area contributed by atoms with Gasteiger partial charge in [-0.25, -0.2) is 9.97 Å². The van der Waals surface area contributed by atoms with Gasteiger partial charge in [-0.05, 0) is 37.0 Å². The van der Waals surface area contributed by atoms with Crippen molar-refractivity contribution in [3.8, 4) is 11.6 Å². The predicted octanol–water partition coefficient (Wildman–Crippen LogP) is 4.66. The highest BCUT2D eigenvalue weighted by atomic mass is 35.5. The van der Waals surface area contributed by atoms with E-state index in [9.17, 15) is 0 Å². The predicted molar refractivity (Wildman–Crippen MR) is 77.1 cm³/mol. The molecule has 0 atom stereocenters. The number of benzene rings is 1. The molecule has 0 radical (unpaired) electrons. The number of aromatic nitrogens is 2. The van der Waals surface area contributed by atoms with Crippen molar-refractivity contribution < 1.29 is 4.74 Å². The number of hydrogen-bond donors (Lipinski definition) is 0. The minimum Gasteiger partial charge on any atom is -0.438 e. The summed E-state index contributed by atoms with van der Waals surface area (Å²) in [6.07, 6.45) is 1.43. The molecule has 2 aromatic rings. The van der Waals surface area contributed by atoms with Crippen LogP contribution in [0.3, 0.4) is 0 Å². The number of aryl methyl sites for hydroxylation is 1. The topological polar surface area (TPSA) is 35.0 Å². The number of hydrogen-bond acceptors (Lipinski definition) is 3. The summed E-state index contributed by atoms with van der Waals surface area (Å²) in [4.78, 5) is 8.23. The molecule has 0 aliphatic heterocycles. The molecule has 3 nitrogen and oxygen atoms in total. The van der Waals surface area contributed by atoms with Gasteiger partial charge in [0.2, 0.25) is 5.88 Å². The molecule has 19 heavy (non-hydrogen) atoms. The quantitative estimate of drug-likeness (QED) is 0.765. The van der Waals surface area contributed by atoms with E-state index in [4.69, 9.17) is 16.3 Å². The standard InChI is InChI=1S/C15H17ClN2O/c1-9(2)13-14(16)17-8-18-15(13)19-12-7-5-6-10(3)11(12)4/h5-9H,1-4H3. The van der Waals surface area contributed by atoms with Crippen molar-refractivity contribution in [2.24, 2.45) is 0 Å². The van der Waals surface area contributed by atoms with Crippen LogP contribution >= 0.6 is 11.6 Å². The molecule has 0 unspecified atom stereocenters. The van der Waals surface area contributed by atoms with Crippen molar-refractivity contribution in [1.29, 1.82) is 0 Å². The van der Waals surface area contributed by atoms with E-state index < -0.39 is 0 Å². The van der Waals surface area contributed by atoms with Gasteiger partial charge in [-0.3, -0.25) is 0 Å². The summed E-state index contributed by atoms with van der Waals surface area (Å²) in [6, 6.07) is 5.95. The van der Waals surface area contributed by atoms with Crippen LogP contribution in [0.4, 0.5) is 0 Å². The fraction of sp³-hybridized carbons (Fsp3) is 0.333. The SMILES string of the molecule is Cc1cccc(Oc2ncnc(Cl)c2C(C)C)c1C. The minimum atomic E-state index is 0.203. The van der Waals surface area contributed by atoms with Crippen molar-refractivity contribution in [3.05, 3.63) is 46.4 Å². The number of nitrogens with zero attached hydrogens (tertiary/aromatic N) is 2. The van der Waals surface area contributed by atoms with Crippen molar-refractivity contribution in [1.82, 2.24) is 9.97 Å². The van der Waals surface area contributed by atoms with Crippen LogP contribution in [0.2, 0.25) is 5.15 Å². The highest BCUT2D eigenvalue weighted by Crippen LogP contribution is 2.34. The Balaban J connectivity index is 2.44. The largest absolute Gasteiger partial charge is 0.438 e. The van der Waals surface area contributed by atoms with E-state index in [0.29, 0.717) is 11.0 Å². The molecule has 1 aromatic carbocycles. The van der Waals surface area contributed by atoms with Crippen LogP contribution in [0.25, 0.3) is 0 Å². The molecule has 100 valence electrons. The van der Waals surface area contributed by atoms with Gasteiger partial charge in [0.1, 0.15) is 17.2 Å². The molecular weight excluding hydrogens is 260 g/mol. The highest BCUT2D eigenvalue weighted by Gasteiger charge is 2.16. The smallest absolute Gasteiger partial charge is 0.227 e. The molecule has 0 saturated carbocycles. The van der Waals surface area contributed by atoms with Gasteiger partial charge in [0, 0.05) is 0 Å². The third-order valence-corrected chi connectivity index (χ3v) is 3.44. The second kappa shape index (κ2) is 5.57. The summed E-state index contributed by atoms with van der Waals surface area (Å²) >= 11 is 6.13. The number of rotatable bonds is 3. The Morgan fingerprint density at radius 1 is 1.16 bits per heavy atom. The Hall–Kier alpha value is -1.61. The van der Waals surface area contributed by atoms with Crippen LogP contribution in [-0.4, -0.2) is 9.97 Å². The summed E-state index contributed by atoms with van der Waals surface area (Å²) in [5.74, 6) is 1.54. The van der Waals surface area contributed by atoms with Gasteiger partial charge >= 0.3 is 0 Å². The summed E-state index contributed by atoms with van der Waals surface area (Å²) in [6.45, 7) is 8.17. The van der Waals surface area contributed by atoms with Gasteiger partial charge in [0.05, 0.1) is 5.56 Å².